The summed E-state index contributed by atoms with van der Waals surface area (Å²) in [5.74, 6) is 0.826. The number of ether oxygens (including phenoxy) is 2. The van der Waals surface area contributed by atoms with Crippen molar-refractivity contribution in [2.24, 2.45) is 0 Å². The van der Waals surface area contributed by atoms with Crippen LogP contribution < -0.4 is 15.1 Å². The van der Waals surface area contributed by atoms with E-state index in [0.29, 0.717) is 24.3 Å². The van der Waals surface area contributed by atoms with Gasteiger partial charge >= 0.3 is 12.3 Å². The quantitative estimate of drug-likeness (QED) is 0.516. The Balaban J connectivity index is 1.46. The molecule has 8 nitrogen and oxygen atoms in total. The van der Waals surface area contributed by atoms with Crippen LogP contribution in [0.25, 0.3) is 0 Å². The summed E-state index contributed by atoms with van der Waals surface area (Å²) in [7, 11) is 0. The largest absolute Gasteiger partial charge is 0.439 e. The minimum absolute atomic E-state index is 0.246. The molecule has 0 saturated carbocycles. The second-order valence-electron chi connectivity index (χ2n) is 10.8. The summed E-state index contributed by atoms with van der Waals surface area (Å²) in [4.78, 5) is 24.3. The van der Waals surface area contributed by atoms with Crippen LogP contribution in [0, 0.1) is 6.92 Å². The lowest BCUT2D eigenvalue weighted by Gasteiger charge is -2.37. The van der Waals surface area contributed by atoms with Crippen molar-refractivity contribution in [3.63, 3.8) is 0 Å². The van der Waals surface area contributed by atoms with Crippen molar-refractivity contribution in [2.45, 2.75) is 64.5 Å². The molecule has 3 aliphatic rings. The van der Waals surface area contributed by atoms with E-state index in [4.69, 9.17) is 14.5 Å². The molecule has 0 bridgehead atoms. The van der Waals surface area contributed by atoms with Gasteiger partial charge in [-0.25, -0.2) is 9.78 Å². The standard InChI is InChI=1S/C29H38F3N5O3/c1-4-36(24-5-11-39-12-6-24)27-22(16-25(17-34-27)35-9-7-33-8-10-35)18-37-20(3)26(40-28(37)38)21-13-19(2)14-23(15-21)29(30,31)32/h13-17,20,24,26,33H,4-12,18H2,1-3H3/t20-,26-/m0/s1. The lowest BCUT2D eigenvalue weighted by atomic mass is 9.98. The van der Waals surface area contributed by atoms with E-state index in [0.717, 1.165) is 74.8 Å². The number of rotatable bonds is 7. The van der Waals surface area contributed by atoms with Crippen LogP contribution in [0.5, 0.6) is 0 Å². The molecule has 1 N–H and O–H groups in total. The molecule has 5 rings (SSSR count). The topological polar surface area (TPSA) is 70.2 Å². The highest BCUT2D eigenvalue weighted by Gasteiger charge is 2.42. The Labute approximate surface area is 233 Å². The van der Waals surface area contributed by atoms with Crippen molar-refractivity contribution in [3.05, 3.63) is 52.7 Å². The zero-order valence-corrected chi connectivity index (χ0v) is 23.3. The molecule has 0 unspecified atom stereocenters. The lowest BCUT2D eigenvalue weighted by molar-refractivity contribution is -0.137. The zero-order chi connectivity index (χ0) is 28.4. The number of benzene rings is 1. The summed E-state index contributed by atoms with van der Waals surface area (Å²) >= 11 is 0. The average Bonchev–Trinajstić information content (AvgIpc) is 3.23. The van der Waals surface area contributed by atoms with Crippen LogP contribution >= 0.6 is 0 Å². The Hall–Kier alpha value is -3.05. The summed E-state index contributed by atoms with van der Waals surface area (Å²) in [5, 5.41) is 3.37. The van der Waals surface area contributed by atoms with Gasteiger partial charge in [-0.15, -0.1) is 0 Å². The number of cyclic esters (lactones) is 1. The summed E-state index contributed by atoms with van der Waals surface area (Å²) in [6, 6.07) is 5.78. The van der Waals surface area contributed by atoms with Gasteiger partial charge in [0.2, 0.25) is 0 Å². The number of nitrogens with one attached hydrogen (secondary N) is 1. The number of carbonyl (C=O) groups excluding carboxylic acids is 1. The fourth-order valence-electron chi connectivity index (χ4n) is 6.02. The highest BCUT2D eigenvalue weighted by molar-refractivity contribution is 5.72. The first kappa shape index (κ1) is 28.5. The predicted molar refractivity (Wildman–Crippen MR) is 147 cm³/mol. The number of pyridine rings is 1. The minimum Gasteiger partial charge on any atom is -0.439 e. The van der Waals surface area contributed by atoms with Crippen LogP contribution in [0.3, 0.4) is 0 Å². The molecule has 2 atom stereocenters. The molecule has 1 amide bonds. The van der Waals surface area contributed by atoms with Gasteiger partial charge in [0.15, 0.2) is 0 Å². The number of nitrogens with zero attached hydrogens (tertiary/aromatic N) is 4. The van der Waals surface area contributed by atoms with Crippen molar-refractivity contribution < 1.29 is 27.4 Å². The molecule has 40 heavy (non-hydrogen) atoms. The highest BCUT2D eigenvalue weighted by Crippen LogP contribution is 2.39. The van der Waals surface area contributed by atoms with E-state index in [-0.39, 0.29) is 12.6 Å². The number of carbonyl (C=O) groups is 1. The van der Waals surface area contributed by atoms with Crippen LogP contribution in [0.4, 0.5) is 29.5 Å². The molecule has 1 aromatic carbocycles. The maximum Gasteiger partial charge on any atom is 0.416 e. The van der Waals surface area contributed by atoms with Gasteiger partial charge in [-0.3, -0.25) is 4.90 Å². The smallest absolute Gasteiger partial charge is 0.416 e. The first-order valence-electron chi connectivity index (χ1n) is 14.1. The fourth-order valence-corrected chi connectivity index (χ4v) is 6.02. The Morgan fingerprint density at radius 1 is 1.12 bits per heavy atom. The third-order valence-electron chi connectivity index (χ3n) is 8.14. The Kier molecular flexibility index (Phi) is 8.42. The maximum absolute atomic E-state index is 13.5. The Morgan fingerprint density at radius 2 is 1.85 bits per heavy atom. The highest BCUT2D eigenvalue weighted by atomic mass is 19.4. The monoisotopic (exact) mass is 561 g/mol. The first-order valence-corrected chi connectivity index (χ1v) is 14.1. The van der Waals surface area contributed by atoms with Gasteiger partial charge in [-0.1, -0.05) is 11.6 Å². The van der Waals surface area contributed by atoms with Gasteiger partial charge in [0.1, 0.15) is 11.9 Å². The lowest BCUT2D eigenvalue weighted by Crippen LogP contribution is -2.44. The first-order chi connectivity index (χ1) is 19.2. The van der Waals surface area contributed by atoms with Crippen molar-refractivity contribution in [3.8, 4) is 0 Å². The summed E-state index contributed by atoms with van der Waals surface area (Å²) in [6.45, 7) is 11.4. The van der Waals surface area contributed by atoms with Crippen LogP contribution in [-0.2, 0) is 22.2 Å². The molecule has 3 saturated heterocycles. The van der Waals surface area contributed by atoms with Crippen LogP contribution in [-0.4, -0.2) is 74.0 Å². The van der Waals surface area contributed by atoms with E-state index in [1.54, 1.807) is 17.9 Å². The normalized spacial score (nSPS) is 22.5. The molecule has 0 radical (unpaired) electrons. The van der Waals surface area contributed by atoms with Gasteiger partial charge in [-0.2, -0.15) is 13.2 Å². The second-order valence-corrected chi connectivity index (χ2v) is 10.8. The number of aromatic nitrogens is 1. The van der Waals surface area contributed by atoms with E-state index in [1.165, 1.54) is 0 Å². The fraction of sp³-hybridized carbons (Fsp3) is 0.586. The van der Waals surface area contributed by atoms with Crippen molar-refractivity contribution >= 4 is 17.6 Å². The molecule has 1 aromatic heterocycles. The van der Waals surface area contributed by atoms with Gasteiger partial charge in [0.05, 0.1) is 30.0 Å². The molecule has 11 heteroatoms. The molecule has 218 valence electrons. The van der Waals surface area contributed by atoms with Crippen LogP contribution in [0.1, 0.15) is 55.0 Å². The summed E-state index contributed by atoms with van der Waals surface area (Å²) in [5.41, 5.74) is 1.97. The number of hydrogen-bond donors (Lipinski definition) is 1. The number of alkyl halides is 3. The number of anilines is 2. The molecule has 0 spiro atoms. The molecule has 2 aromatic rings. The Morgan fingerprint density at radius 3 is 2.52 bits per heavy atom. The van der Waals surface area contributed by atoms with E-state index in [2.05, 4.69) is 28.1 Å². The van der Waals surface area contributed by atoms with Crippen LogP contribution in [0.15, 0.2) is 30.5 Å². The van der Waals surface area contributed by atoms with Gasteiger partial charge in [0.25, 0.3) is 0 Å². The predicted octanol–water partition coefficient (Wildman–Crippen LogP) is 4.91. The summed E-state index contributed by atoms with van der Waals surface area (Å²) < 4.78 is 51.9. The SMILES string of the molecule is CCN(c1ncc(N2CCNCC2)cc1CN1C(=O)O[C@H](c2cc(C)cc(C(F)(F)F)c2)[C@@H]1C)C1CCOCC1. The number of halogens is 3. The van der Waals surface area contributed by atoms with Gasteiger partial charge < -0.3 is 24.6 Å². The summed E-state index contributed by atoms with van der Waals surface area (Å²) in [6.07, 6.45) is -2.13. The van der Waals surface area contributed by atoms with E-state index in [1.807, 2.05) is 13.1 Å². The van der Waals surface area contributed by atoms with Crippen LogP contribution in [0.2, 0.25) is 0 Å². The maximum atomic E-state index is 13.5. The van der Waals surface area contributed by atoms with E-state index < -0.39 is 30.0 Å². The molecule has 3 aliphatic heterocycles. The average molecular weight is 562 g/mol. The molecular weight excluding hydrogens is 523 g/mol. The third-order valence-corrected chi connectivity index (χ3v) is 8.14. The van der Waals surface area contributed by atoms with Gasteiger partial charge in [0, 0.05) is 57.5 Å². The minimum atomic E-state index is -4.48. The van der Waals surface area contributed by atoms with Crippen molar-refractivity contribution in [2.75, 3.05) is 55.7 Å². The van der Waals surface area contributed by atoms with Crippen molar-refractivity contribution in [1.29, 1.82) is 0 Å². The van der Waals surface area contributed by atoms with E-state index in [9.17, 15) is 18.0 Å². The number of aryl methyl sites for hydroxylation is 1. The van der Waals surface area contributed by atoms with E-state index >= 15 is 0 Å². The zero-order valence-electron chi connectivity index (χ0n) is 23.3. The number of piperazine rings is 1. The van der Waals surface area contributed by atoms with Gasteiger partial charge in [-0.05, 0) is 57.4 Å². The molecular formula is C29H38F3N5O3. The number of hydrogen-bond acceptors (Lipinski definition) is 7. The number of amides is 1. The Bertz CT molecular complexity index is 1200. The molecule has 4 heterocycles. The molecule has 3 fully saturated rings. The third kappa shape index (κ3) is 6.00. The van der Waals surface area contributed by atoms with Crippen molar-refractivity contribution in [1.82, 2.24) is 15.2 Å². The second kappa shape index (κ2) is 11.8. The molecule has 0 aliphatic carbocycles.